The van der Waals surface area contributed by atoms with Crippen LogP contribution in [0.3, 0.4) is 0 Å². The van der Waals surface area contributed by atoms with E-state index in [4.69, 9.17) is 0 Å². The summed E-state index contributed by atoms with van der Waals surface area (Å²) < 4.78 is 0. The molecule has 0 heterocycles. The van der Waals surface area contributed by atoms with Gasteiger partial charge in [-0.1, -0.05) is 48.5 Å². The van der Waals surface area contributed by atoms with Gasteiger partial charge in [-0.25, -0.2) is 0 Å². The fraction of sp³-hybridized carbons (Fsp3) is 0.125. The summed E-state index contributed by atoms with van der Waals surface area (Å²) in [6, 6.07) is 14.9. The van der Waals surface area contributed by atoms with Gasteiger partial charge in [0.05, 0.1) is 0 Å². The second-order valence-electron chi connectivity index (χ2n) is 4.27. The van der Waals surface area contributed by atoms with Crippen LogP contribution in [0, 0.1) is 0 Å². The number of hydrogen-bond donors (Lipinski definition) is 0. The lowest BCUT2D eigenvalue weighted by molar-refractivity contribution is 0.100. The molecule has 18 heavy (non-hydrogen) atoms. The molecule has 0 radical (unpaired) electrons. The van der Waals surface area contributed by atoms with Crippen molar-refractivity contribution in [1.82, 2.24) is 0 Å². The van der Waals surface area contributed by atoms with Crippen LogP contribution in [-0.2, 0) is 0 Å². The summed E-state index contributed by atoms with van der Waals surface area (Å²) in [5.74, 6) is 0.127. The van der Waals surface area contributed by atoms with Crippen molar-refractivity contribution in [1.29, 1.82) is 0 Å². The molecule has 2 rings (SSSR count). The number of ketones is 2. The minimum atomic E-state index is 0.0634. The Kier molecular flexibility index (Phi) is 3.38. The Labute approximate surface area is 106 Å². The summed E-state index contributed by atoms with van der Waals surface area (Å²) >= 11 is 0. The molecule has 2 nitrogen and oxygen atoms in total. The van der Waals surface area contributed by atoms with Crippen LogP contribution in [0.4, 0.5) is 0 Å². The van der Waals surface area contributed by atoms with Crippen molar-refractivity contribution in [3.05, 3.63) is 59.7 Å². The summed E-state index contributed by atoms with van der Waals surface area (Å²) in [7, 11) is 0. The van der Waals surface area contributed by atoms with Gasteiger partial charge in [0.1, 0.15) is 0 Å². The molecule has 2 heteroatoms. The summed E-state index contributed by atoms with van der Waals surface area (Å²) in [5, 5.41) is 0. The molecule has 0 fully saturated rings. The Bertz CT molecular complexity index is 522. The van der Waals surface area contributed by atoms with E-state index in [1.807, 2.05) is 48.5 Å². The quantitative estimate of drug-likeness (QED) is 0.763. The second kappa shape index (κ2) is 4.96. The zero-order valence-corrected chi connectivity index (χ0v) is 10.4. The van der Waals surface area contributed by atoms with E-state index in [1.165, 1.54) is 0 Å². The monoisotopic (exact) mass is 238 g/mol. The fourth-order valence-electron chi connectivity index (χ4n) is 1.79. The van der Waals surface area contributed by atoms with E-state index < -0.39 is 0 Å². The highest BCUT2D eigenvalue weighted by molar-refractivity contribution is 5.95. The topological polar surface area (TPSA) is 34.1 Å². The van der Waals surface area contributed by atoms with Crippen molar-refractivity contribution in [3.63, 3.8) is 0 Å². The van der Waals surface area contributed by atoms with Gasteiger partial charge in [-0.3, -0.25) is 9.59 Å². The zero-order valence-electron chi connectivity index (χ0n) is 10.4. The molecule has 0 bridgehead atoms. The van der Waals surface area contributed by atoms with Crippen molar-refractivity contribution >= 4 is 11.6 Å². The molecule has 90 valence electrons. The van der Waals surface area contributed by atoms with Crippen LogP contribution in [-0.4, -0.2) is 11.6 Å². The van der Waals surface area contributed by atoms with Gasteiger partial charge >= 0.3 is 0 Å². The molecule has 0 N–H and O–H groups in total. The number of rotatable bonds is 3. The van der Waals surface area contributed by atoms with Crippen molar-refractivity contribution in [2.24, 2.45) is 0 Å². The minimum Gasteiger partial charge on any atom is -0.295 e. The van der Waals surface area contributed by atoms with Crippen molar-refractivity contribution in [2.75, 3.05) is 0 Å². The lowest BCUT2D eigenvalue weighted by Crippen LogP contribution is -1.92. The molecule has 0 unspecified atom stereocenters. The lowest BCUT2D eigenvalue weighted by Gasteiger charge is -2.03. The molecule has 0 saturated carbocycles. The van der Waals surface area contributed by atoms with Crippen LogP contribution < -0.4 is 0 Å². The fourth-order valence-corrected chi connectivity index (χ4v) is 1.79. The minimum absolute atomic E-state index is 0.0634. The largest absolute Gasteiger partial charge is 0.295 e. The van der Waals surface area contributed by atoms with E-state index in [0.717, 1.165) is 11.1 Å². The van der Waals surface area contributed by atoms with Crippen LogP contribution in [0.5, 0.6) is 0 Å². The summed E-state index contributed by atoms with van der Waals surface area (Å²) in [6.45, 7) is 3.10. The van der Waals surface area contributed by atoms with Gasteiger partial charge in [0, 0.05) is 11.1 Å². The molecule has 2 aromatic rings. The average Bonchev–Trinajstić information content (AvgIpc) is 2.39. The number of carbonyl (C=O) groups is 2. The first-order chi connectivity index (χ1) is 8.58. The molecule has 0 amide bonds. The van der Waals surface area contributed by atoms with E-state index in [-0.39, 0.29) is 11.6 Å². The van der Waals surface area contributed by atoms with Crippen LogP contribution in [0.1, 0.15) is 34.6 Å². The smallest absolute Gasteiger partial charge is 0.159 e. The Hall–Kier alpha value is -2.22. The van der Waals surface area contributed by atoms with Gasteiger partial charge in [-0.2, -0.15) is 0 Å². The second-order valence-corrected chi connectivity index (χ2v) is 4.27. The first-order valence-electron chi connectivity index (χ1n) is 5.80. The standard InChI is InChI=1S/C16H14O2/c1-11(17)13-3-7-15(8-4-13)16-9-5-14(6-10-16)12(2)18/h3-10H,1-2H3. The highest BCUT2D eigenvalue weighted by Gasteiger charge is 2.02. The van der Waals surface area contributed by atoms with Crippen molar-refractivity contribution < 1.29 is 9.59 Å². The molecule has 2 aromatic carbocycles. The zero-order chi connectivity index (χ0) is 13.1. The van der Waals surface area contributed by atoms with Gasteiger partial charge < -0.3 is 0 Å². The predicted molar refractivity (Wildman–Crippen MR) is 71.9 cm³/mol. The summed E-state index contributed by atoms with van der Waals surface area (Å²) in [4.78, 5) is 22.4. The normalized spacial score (nSPS) is 10.1. The third kappa shape index (κ3) is 2.54. The molecule has 0 saturated heterocycles. The number of Topliss-reactive ketones (excluding diaryl/α,β-unsaturated/α-hetero) is 2. The van der Waals surface area contributed by atoms with E-state index in [0.29, 0.717) is 11.1 Å². The maximum absolute atomic E-state index is 11.2. The van der Waals surface area contributed by atoms with Gasteiger partial charge in [0.2, 0.25) is 0 Å². The van der Waals surface area contributed by atoms with Gasteiger partial charge in [0.25, 0.3) is 0 Å². The van der Waals surface area contributed by atoms with Crippen molar-refractivity contribution in [3.8, 4) is 11.1 Å². The average molecular weight is 238 g/mol. The molecular weight excluding hydrogens is 224 g/mol. The lowest BCUT2D eigenvalue weighted by atomic mass is 10.0. The predicted octanol–water partition coefficient (Wildman–Crippen LogP) is 3.76. The number of hydrogen-bond acceptors (Lipinski definition) is 2. The van der Waals surface area contributed by atoms with Crippen molar-refractivity contribution in [2.45, 2.75) is 13.8 Å². The number of benzene rings is 2. The molecule has 0 aliphatic carbocycles. The SMILES string of the molecule is CC(=O)c1ccc(-c2ccc(C(C)=O)cc2)cc1. The maximum Gasteiger partial charge on any atom is 0.159 e. The Morgan fingerprint density at radius 2 is 0.889 bits per heavy atom. The first-order valence-corrected chi connectivity index (χ1v) is 5.80. The van der Waals surface area contributed by atoms with Crippen LogP contribution in [0.15, 0.2) is 48.5 Å². The third-order valence-electron chi connectivity index (χ3n) is 2.92. The Morgan fingerprint density at radius 1 is 0.611 bits per heavy atom. The van der Waals surface area contributed by atoms with Gasteiger partial charge in [-0.15, -0.1) is 0 Å². The molecular formula is C16H14O2. The van der Waals surface area contributed by atoms with Crippen LogP contribution >= 0.6 is 0 Å². The third-order valence-corrected chi connectivity index (χ3v) is 2.92. The Morgan fingerprint density at radius 3 is 1.11 bits per heavy atom. The highest BCUT2D eigenvalue weighted by atomic mass is 16.1. The number of carbonyl (C=O) groups excluding carboxylic acids is 2. The van der Waals surface area contributed by atoms with Gasteiger partial charge in [-0.05, 0) is 25.0 Å². The summed E-state index contributed by atoms with van der Waals surface area (Å²) in [6.07, 6.45) is 0. The van der Waals surface area contributed by atoms with Gasteiger partial charge in [0.15, 0.2) is 11.6 Å². The molecule has 0 spiro atoms. The van der Waals surface area contributed by atoms with E-state index in [1.54, 1.807) is 13.8 Å². The van der Waals surface area contributed by atoms with E-state index >= 15 is 0 Å². The Balaban J connectivity index is 2.31. The van der Waals surface area contributed by atoms with E-state index in [9.17, 15) is 9.59 Å². The molecule has 0 aliphatic heterocycles. The molecule has 0 aromatic heterocycles. The van der Waals surface area contributed by atoms with Crippen LogP contribution in [0.2, 0.25) is 0 Å². The summed E-state index contributed by atoms with van der Waals surface area (Å²) in [5.41, 5.74) is 3.49. The first kappa shape index (κ1) is 12.2. The molecule has 0 aliphatic rings. The van der Waals surface area contributed by atoms with Crippen LogP contribution in [0.25, 0.3) is 11.1 Å². The molecule has 0 atom stereocenters. The highest BCUT2D eigenvalue weighted by Crippen LogP contribution is 2.20. The maximum atomic E-state index is 11.2. The van der Waals surface area contributed by atoms with E-state index in [2.05, 4.69) is 0 Å².